The largest absolute Gasteiger partial charge is 0.478 e. The third-order valence-electron chi connectivity index (χ3n) is 4.81. The summed E-state index contributed by atoms with van der Waals surface area (Å²) in [6.45, 7) is 4.10. The van der Waals surface area contributed by atoms with Crippen LogP contribution in [0.1, 0.15) is 31.2 Å². The standard InChI is InChI=1S/C21H17NO3S2/c1-13-6-8-27-19(13)9-18-20(23)15-4-5-17-16(21(15)25-18)11-22(12-24-17)10-14-3-2-7-26-14/h2-9H,10-12H2,1H3/b18-9-. The van der Waals surface area contributed by atoms with Crippen molar-refractivity contribution in [3.63, 3.8) is 0 Å². The predicted molar refractivity (Wildman–Crippen MR) is 107 cm³/mol. The minimum Gasteiger partial charge on any atom is -0.478 e. The molecule has 3 aromatic rings. The molecule has 0 spiro atoms. The van der Waals surface area contributed by atoms with Gasteiger partial charge >= 0.3 is 0 Å². The van der Waals surface area contributed by atoms with Crippen molar-refractivity contribution in [1.82, 2.24) is 4.90 Å². The van der Waals surface area contributed by atoms with Crippen molar-refractivity contribution in [2.24, 2.45) is 0 Å². The lowest BCUT2D eigenvalue weighted by Gasteiger charge is -2.29. The zero-order chi connectivity index (χ0) is 18.4. The van der Waals surface area contributed by atoms with E-state index >= 15 is 0 Å². The Bertz CT molecular complexity index is 1050. The number of fused-ring (bicyclic) bond motifs is 3. The quantitative estimate of drug-likeness (QED) is 0.579. The summed E-state index contributed by atoms with van der Waals surface area (Å²) in [5.74, 6) is 1.78. The summed E-state index contributed by atoms with van der Waals surface area (Å²) in [6, 6.07) is 9.92. The molecule has 2 aliphatic rings. The van der Waals surface area contributed by atoms with E-state index in [1.807, 2.05) is 36.6 Å². The lowest BCUT2D eigenvalue weighted by Crippen LogP contribution is -2.31. The highest BCUT2D eigenvalue weighted by molar-refractivity contribution is 7.11. The van der Waals surface area contributed by atoms with Gasteiger partial charge in [0.25, 0.3) is 0 Å². The highest BCUT2D eigenvalue weighted by Gasteiger charge is 2.33. The normalized spacial score (nSPS) is 17.5. The lowest BCUT2D eigenvalue weighted by molar-refractivity contribution is 0.0882. The molecule has 6 heteroatoms. The maximum Gasteiger partial charge on any atom is 0.232 e. The third kappa shape index (κ3) is 3.00. The number of allylic oxidation sites excluding steroid dienone is 1. The van der Waals surface area contributed by atoms with Crippen LogP contribution in [0.15, 0.2) is 46.9 Å². The molecular weight excluding hydrogens is 378 g/mol. The van der Waals surface area contributed by atoms with E-state index in [0.717, 1.165) is 28.3 Å². The van der Waals surface area contributed by atoms with E-state index < -0.39 is 0 Å². The summed E-state index contributed by atoms with van der Waals surface area (Å²) in [7, 11) is 0. The van der Waals surface area contributed by atoms with Crippen LogP contribution in [0, 0.1) is 6.92 Å². The van der Waals surface area contributed by atoms with Crippen LogP contribution >= 0.6 is 22.7 Å². The van der Waals surface area contributed by atoms with Crippen LogP contribution < -0.4 is 9.47 Å². The van der Waals surface area contributed by atoms with Crippen LogP contribution in [-0.2, 0) is 13.1 Å². The Morgan fingerprint density at radius 3 is 2.89 bits per heavy atom. The average Bonchev–Trinajstić information content (AvgIpc) is 3.39. The molecule has 0 radical (unpaired) electrons. The number of ether oxygens (including phenoxy) is 2. The van der Waals surface area contributed by atoms with E-state index in [4.69, 9.17) is 9.47 Å². The van der Waals surface area contributed by atoms with Gasteiger partial charge in [0.2, 0.25) is 5.78 Å². The Morgan fingerprint density at radius 1 is 1.19 bits per heavy atom. The van der Waals surface area contributed by atoms with Crippen LogP contribution in [0.2, 0.25) is 0 Å². The molecule has 0 amide bonds. The van der Waals surface area contributed by atoms with E-state index in [1.165, 1.54) is 4.88 Å². The first-order valence-electron chi connectivity index (χ1n) is 8.71. The smallest absolute Gasteiger partial charge is 0.232 e. The Morgan fingerprint density at radius 2 is 2.11 bits per heavy atom. The summed E-state index contributed by atoms with van der Waals surface area (Å²) in [5, 5.41) is 4.10. The number of carbonyl (C=O) groups is 1. The molecule has 0 atom stereocenters. The van der Waals surface area contributed by atoms with Gasteiger partial charge in [-0.15, -0.1) is 22.7 Å². The number of hydrogen-bond donors (Lipinski definition) is 0. The van der Waals surface area contributed by atoms with Gasteiger partial charge in [-0.05, 0) is 47.5 Å². The van der Waals surface area contributed by atoms with Gasteiger partial charge in [0.15, 0.2) is 5.76 Å². The Balaban J connectivity index is 1.46. The SMILES string of the molecule is Cc1ccsc1/C=C1\Oc2c(ccc3c2CN(Cc2cccs2)CO3)C1=O. The fourth-order valence-corrected chi connectivity index (χ4v) is 4.97. The molecule has 0 fully saturated rings. The van der Waals surface area contributed by atoms with E-state index in [9.17, 15) is 4.79 Å². The number of rotatable bonds is 3. The molecule has 4 nitrogen and oxygen atoms in total. The van der Waals surface area contributed by atoms with E-state index in [0.29, 0.717) is 30.3 Å². The van der Waals surface area contributed by atoms with Crippen molar-refractivity contribution in [2.45, 2.75) is 20.0 Å². The number of carbonyl (C=O) groups excluding carboxylic acids is 1. The van der Waals surface area contributed by atoms with Gasteiger partial charge < -0.3 is 9.47 Å². The Hall–Kier alpha value is -2.41. The first-order chi connectivity index (χ1) is 13.2. The highest BCUT2D eigenvalue weighted by Crippen LogP contribution is 2.42. The minimum atomic E-state index is -0.0593. The van der Waals surface area contributed by atoms with Crippen LogP contribution in [-0.4, -0.2) is 17.4 Å². The zero-order valence-electron chi connectivity index (χ0n) is 14.7. The first kappa shape index (κ1) is 16.7. The minimum absolute atomic E-state index is 0.0593. The second kappa shape index (κ2) is 6.64. The van der Waals surface area contributed by atoms with Crippen molar-refractivity contribution >= 4 is 34.5 Å². The summed E-state index contributed by atoms with van der Waals surface area (Å²) >= 11 is 3.35. The second-order valence-electron chi connectivity index (χ2n) is 6.67. The summed E-state index contributed by atoms with van der Waals surface area (Å²) in [4.78, 5) is 17.4. The second-order valence-corrected chi connectivity index (χ2v) is 8.65. The van der Waals surface area contributed by atoms with Gasteiger partial charge in [-0.3, -0.25) is 9.69 Å². The molecule has 0 N–H and O–H groups in total. The molecule has 2 aliphatic heterocycles. The van der Waals surface area contributed by atoms with Gasteiger partial charge in [0.05, 0.1) is 11.1 Å². The summed E-state index contributed by atoms with van der Waals surface area (Å²) in [5.41, 5.74) is 2.72. The van der Waals surface area contributed by atoms with Crippen LogP contribution in [0.3, 0.4) is 0 Å². The molecule has 2 aromatic heterocycles. The number of hydrogen-bond acceptors (Lipinski definition) is 6. The van der Waals surface area contributed by atoms with Gasteiger partial charge in [-0.25, -0.2) is 0 Å². The van der Waals surface area contributed by atoms with Crippen molar-refractivity contribution in [1.29, 1.82) is 0 Å². The number of aryl methyl sites for hydroxylation is 1. The first-order valence-corrected chi connectivity index (χ1v) is 10.5. The monoisotopic (exact) mass is 395 g/mol. The lowest BCUT2D eigenvalue weighted by atomic mass is 10.0. The molecule has 0 aliphatic carbocycles. The van der Waals surface area contributed by atoms with Crippen molar-refractivity contribution in [2.75, 3.05) is 6.73 Å². The molecule has 0 saturated carbocycles. The maximum atomic E-state index is 12.8. The molecular formula is C21H17NO3S2. The summed E-state index contributed by atoms with van der Waals surface area (Å²) in [6.07, 6.45) is 1.85. The van der Waals surface area contributed by atoms with E-state index in [-0.39, 0.29) is 5.78 Å². The van der Waals surface area contributed by atoms with Gasteiger partial charge in [0.1, 0.15) is 18.2 Å². The molecule has 4 heterocycles. The fourth-order valence-electron chi connectivity index (χ4n) is 3.38. The molecule has 1 aromatic carbocycles. The zero-order valence-corrected chi connectivity index (χ0v) is 16.4. The highest BCUT2D eigenvalue weighted by atomic mass is 32.1. The maximum absolute atomic E-state index is 12.8. The van der Waals surface area contributed by atoms with Crippen LogP contribution in [0.5, 0.6) is 11.5 Å². The molecule has 27 heavy (non-hydrogen) atoms. The number of Topliss-reactive ketones (excluding diaryl/α,β-unsaturated/α-hetero) is 1. The average molecular weight is 396 g/mol. The Kier molecular flexibility index (Phi) is 4.11. The van der Waals surface area contributed by atoms with Crippen molar-refractivity contribution < 1.29 is 14.3 Å². The van der Waals surface area contributed by atoms with Gasteiger partial charge in [-0.1, -0.05) is 6.07 Å². The van der Waals surface area contributed by atoms with Crippen molar-refractivity contribution in [3.8, 4) is 11.5 Å². The summed E-state index contributed by atoms with van der Waals surface area (Å²) < 4.78 is 12.0. The topological polar surface area (TPSA) is 38.8 Å². The van der Waals surface area contributed by atoms with Crippen LogP contribution in [0.4, 0.5) is 0 Å². The van der Waals surface area contributed by atoms with Crippen molar-refractivity contribution in [3.05, 3.63) is 73.3 Å². The molecule has 136 valence electrons. The molecule has 0 bridgehead atoms. The Labute approximate surface area is 165 Å². The number of benzene rings is 1. The van der Waals surface area contributed by atoms with Gasteiger partial charge in [-0.2, -0.15) is 0 Å². The van der Waals surface area contributed by atoms with E-state index in [1.54, 1.807) is 22.7 Å². The number of nitrogens with zero attached hydrogens (tertiary/aromatic N) is 1. The van der Waals surface area contributed by atoms with Crippen LogP contribution in [0.25, 0.3) is 6.08 Å². The molecule has 5 rings (SSSR count). The predicted octanol–water partition coefficient (Wildman–Crippen LogP) is 5.09. The van der Waals surface area contributed by atoms with Gasteiger partial charge in [0, 0.05) is 28.9 Å². The fraction of sp³-hybridized carbons (Fsp3) is 0.190. The molecule has 0 unspecified atom stereocenters. The number of thiophene rings is 2. The third-order valence-corrected chi connectivity index (χ3v) is 6.63. The number of ketones is 1. The van der Waals surface area contributed by atoms with E-state index in [2.05, 4.69) is 22.4 Å². The molecule has 0 saturated heterocycles.